The summed E-state index contributed by atoms with van der Waals surface area (Å²) in [5, 5.41) is 29.5. The van der Waals surface area contributed by atoms with E-state index >= 15 is 0 Å². The molecule has 0 saturated carbocycles. The van der Waals surface area contributed by atoms with Crippen LogP contribution in [0.3, 0.4) is 0 Å². The monoisotopic (exact) mass is 760 g/mol. The van der Waals surface area contributed by atoms with E-state index in [1.54, 1.807) is 12.4 Å². The van der Waals surface area contributed by atoms with Crippen LogP contribution in [-0.4, -0.2) is 99.4 Å². The number of esters is 4. The fourth-order valence-corrected chi connectivity index (χ4v) is 4.28. The van der Waals surface area contributed by atoms with Crippen LogP contribution < -0.4 is 0 Å². The van der Waals surface area contributed by atoms with E-state index < -0.39 is 64.8 Å². The maximum atomic E-state index is 12.0. The molecule has 3 rings (SSSR count). The Bertz CT molecular complexity index is 1300. The summed E-state index contributed by atoms with van der Waals surface area (Å²) >= 11 is 0. The minimum Gasteiger partial charge on any atom is -0.463 e. The zero-order valence-electron chi connectivity index (χ0n) is 27.1. The third-order valence-electron chi connectivity index (χ3n) is 5.86. The topological polar surface area (TPSA) is 285 Å². The van der Waals surface area contributed by atoms with Gasteiger partial charge in [-0.3, -0.25) is 34.0 Å². The Morgan fingerprint density at radius 3 is 1.58 bits per heavy atom. The molecule has 22 heteroatoms. The Balaban J connectivity index is 0.00000241. The quantitative estimate of drug-likeness (QED) is 0.0907. The first kappa shape index (κ1) is 45.0. The van der Waals surface area contributed by atoms with Crippen molar-refractivity contribution in [3.05, 3.63) is 90.8 Å². The third kappa shape index (κ3) is 19.7. The molecule has 0 spiro atoms. The second kappa shape index (κ2) is 24.2. The molecule has 2 aromatic heterocycles. The van der Waals surface area contributed by atoms with Gasteiger partial charge in [0.1, 0.15) is 12.7 Å². The van der Waals surface area contributed by atoms with Crippen LogP contribution in [0.5, 0.6) is 0 Å². The van der Waals surface area contributed by atoms with Crippen molar-refractivity contribution in [1.82, 2.24) is 14.9 Å². The molecular formula is C28H35CuN5O16. The fourth-order valence-electron chi connectivity index (χ4n) is 4.28. The molecule has 0 aliphatic carbocycles. The van der Waals surface area contributed by atoms with Crippen LogP contribution in [-0.2, 0) is 77.8 Å². The predicted molar refractivity (Wildman–Crippen MR) is 161 cm³/mol. The van der Waals surface area contributed by atoms with Crippen LogP contribution in [0.25, 0.3) is 0 Å². The molecule has 1 fully saturated rings. The predicted octanol–water partition coefficient (Wildman–Crippen LogP) is 1.10. The first-order valence-corrected chi connectivity index (χ1v) is 14.2. The molecule has 50 heavy (non-hydrogen) atoms. The molecule has 21 nitrogen and oxygen atoms in total. The number of nitrogens with zero attached hydrogens (tertiary/aromatic N) is 5. The Morgan fingerprint density at radius 1 is 0.740 bits per heavy atom. The van der Waals surface area contributed by atoms with Crippen molar-refractivity contribution in [2.45, 2.75) is 71.5 Å². The third-order valence-corrected chi connectivity index (χ3v) is 5.86. The van der Waals surface area contributed by atoms with E-state index in [-0.39, 0.29) is 30.3 Å². The molecule has 1 aliphatic rings. The molecule has 0 bridgehead atoms. The average Bonchev–Trinajstić information content (AvgIpc) is 2.99. The van der Waals surface area contributed by atoms with E-state index in [9.17, 15) is 19.2 Å². The van der Waals surface area contributed by atoms with Gasteiger partial charge in [-0.25, -0.2) is 0 Å². The molecule has 2 aromatic rings. The molecule has 0 N–H and O–H groups in total. The number of pyridine rings is 2. The number of rotatable bonds is 13. The Hall–Kier alpha value is -5.02. The smallest absolute Gasteiger partial charge is 0.463 e. The van der Waals surface area contributed by atoms with Crippen molar-refractivity contribution in [1.29, 1.82) is 0 Å². The fraction of sp³-hybridized carbons (Fsp3) is 0.500. The van der Waals surface area contributed by atoms with Gasteiger partial charge in [0.2, 0.25) is 0 Å². The Kier molecular flexibility index (Phi) is 21.7. The summed E-state index contributed by atoms with van der Waals surface area (Å²) in [6, 6.07) is 11.3. The van der Waals surface area contributed by atoms with E-state index in [4.69, 9.17) is 59.1 Å². The average molecular weight is 761 g/mol. The second-order valence-corrected chi connectivity index (χ2v) is 9.74. The summed E-state index contributed by atoms with van der Waals surface area (Å²) < 4.78 is 33.4. The largest absolute Gasteiger partial charge is 2.00 e. The standard InChI is InChI=1S/C28H35N3O10.Cu.2NO3/c1-18(32)37-17-24-25(38-19(2)33)26(39-20(3)34)27(40-21(4)35)28(41-24)36-14-13-31(15-22-9-5-7-11-29-22)16-23-10-6-8-12-30-23;;2*2-1(3)4/h5-12,24-28H,13-17H2,1-4H3;;;/q;+2;2*-1/t24-,25-,26+,27-,28-;;;/m1.../s1. The van der Waals surface area contributed by atoms with Crippen molar-refractivity contribution in [3.8, 4) is 0 Å². The SMILES string of the molecule is CC(=O)OC[C@H]1O[C@@H](OCCN(Cc2ccccn2)Cc2ccccn2)[C@H](OC(C)=O)[C@@H](OC(C)=O)[C@@H]1OC(C)=O.O=[N+]([O-])[O-].O=[N+]([O-])[O-].[Cu+2]. The molecule has 1 saturated heterocycles. The molecule has 279 valence electrons. The minimum atomic E-state index is -1.75. The van der Waals surface area contributed by atoms with Gasteiger partial charge in [-0.05, 0) is 24.3 Å². The van der Waals surface area contributed by atoms with Crippen molar-refractivity contribution in [2.24, 2.45) is 0 Å². The number of aromatic nitrogens is 2. The number of carbonyl (C=O) groups excluding carboxylic acids is 4. The van der Waals surface area contributed by atoms with Crippen LogP contribution >= 0.6 is 0 Å². The van der Waals surface area contributed by atoms with Gasteiger partial charge in [-0.15, -0.1) is 0 Å². The van der Waals surface area contributed by atoms with E-state index in [1.165, 1.54) is 13.8 Å². The molecule has 0 amide bonds. The summed E-state index contributed by atoms with van der Waals surface area (Å²) in [7, 11) is 0. The maximum absolute atomic E-state index is 12.0. The van der Waals surface area contributed by atoms with Gasteiger partial charge in [0.05, 0.1) is 28.2 Å². The molecule has 1 aliphatic heterocycles. The summed E-state index contributed by atoms with van der Waals surface area (Å²) in [4.78, 5) is 74.8. The van der Waals surface area contributed by atoms with Crippen LogP contribution in [0.2, 0.25) is 0 Å². The molecule has 3 heterocycles. The van der Waals surface area contributed by atoms with Gasteiger partial charge in [0, 0.05) is 59.7 Å². The summed E-state index contributed by atoms with van der Waals surface area (Å²) in [5.41, 5.74) is 1.69. The minimum absolute atomic E-state index is 0. The summed E-state index contributed by atoms with van der Waals surface area (Å²) in [6.45, 7) is 5.86. The second-order valence-electron chi connectivity index (χ2n) is 9.74. The summed E-state index contributed by atoms with van der Waals surface area (Å²) in [5.74, 6) is -2.72. The maximum Gasteiger partial charge on any atom is 2.00 e. The molecule has 5 atom stereocenters. The van der Waals surface area contributed by atoms with E-state index in [0.717, 1.165) is 25.2 Å². The number of ether oxygens (including phenoxy) is 6. The Labute approximate surface area is 295 Å². The van der Waals surface area contributed by atoms with E-state index in [1.807, 2.05) is 36.4 Å². The number of hydrogen-bond acceptors (Lipinski definition) is 19. The molecular weight excluding hydrogens is 726 g/mol. The molecule has 0 aromatic carbocycles. The zero-order valence-corrected chi connectivity index (χ0v) is 28.1. The molecule has 1 radical (unpaired) electrons. The van der Waals surface area contributed by atoms with E-state index in [2.05, 4.69) is 14.9 Å². The van der Waals surface area contributed by atoms with Crippen molar-refractivity contribution in [3.63, 3.8) is 0 Å². The number of hydrogen-bond donors (Lipinski definition) is 0. The summed E-state index contributed by atoms with van der Waals surface area (Å²) in [6.07, 6.45) is -2.73. The van der Waals surface area contributed by atoms with Gasteiger partial charge in [0.15, 0.2) is 24.6 Å². The van der Waals surface area contributed by atoms with Crippen LogP contribution in [0.4, 0.5) is 0 Å². The first-order valence-electron chi connectivity index (χ1n) is 14.2. The van der Waals surface area contributed by atoms with Crippen molar-refractivity contribution >= 4 is 23.9 Å². The Morgan fingerprint density at radius 2 is 1.18 bits per heavy atom. The van der Waals surface area contributed by atoms with Gasteiger partial charge in [-0.2, -0.15) is 0 Å². The van der Waals surface area contributed by atoms with Gasteiger partial charge < -0.3 is 59.1 Å². The first-order chi connectivity index (χ1) is 23.1. The van der Waals surface area contributed by atoms with Crippen LogP contribution in [0.15, 0.2) is 48.8 Å². The van der Waals surface area contributed by atoms with E-state index in [0.29, 0.717) is 19.6 Å². The zero-order chi connectivity index (χ0) is 36.9. The van der Waals surface area contributed by atoms with Crippen molar-refractivity contribution in [2.75, 3.05) is 19.8 Å². The van der Waals surface area contributed by atoms with Gasteiger partial charge in [0.25, 0.3) is 0 Å². The van der Waals surface area contributed by atoms with Gasteiger partial charge >= 0.3 is 40.9 Å². The number of carbonyl (C=O) groups is 4. The molecule has 0 unspecified atom stereocenters. The van der Waals surface area contributed by atoms with Crippen molar-refractivity contribution < 1.29 is 74.8 Å². The normalized spacial score (nSPS) is 19.0. The van der Waals surface area contributed by atoms with Gasteiger partial charge in [-0.1, -0.05) is 12.1 Å². The van der Waals surface area contributed by atoms with Crippen LogP contribution in [0.1, 0.15) is 39.1 Å². The van der Waals surface area contributed by atoms with Crippen LogP contribution in [0, 0.1) is 30.6 Å².